The maximum atomic E-state index is 12.2. The molecule has 108 valence electrons. The number of hydrogen-bond donors (Lipinski definition) is 1. The summed E-state index contributed by atoms with van der Waals surface area (Å²) in [5.41, 5.74) is 0. The van der Waals surface area contributed by atoms with Gasteiger partial charge in [-0.05, 0) is 18.4 Å². The molecular weight excluding hydrogens is 278 g/mol. The summed E-state index contributed by atoms with van der Waals surface area (Å²) in [5.74, 6) is 1.31. The zero-order chi connectivity index (χ0) is 14.2. The number of aryl methyl sites for hydroxylation is 2. The van der Waals surface area contributed by atoms with Crippen molar-refractivity contribution < 1.29 is 8.42 Å². The molecule has 2 aromatic heterocycles. The molecule has 20 heavy (non-hydrogen) atoms. The molecule has 1 atom stereocenters. The molecular formula is C12H17N5O2S. The Morgan fingerprint density at radius 1 is 1.45 bits per heavy atom. The third-order valence-electron chi connectivity index (χ3n) is 3.66. The van der Waals surface area contributed by atoms with Crippen LogP contribution in [0, 0.1) is 5.92 Å². The van der Waals surface area contributed by atoms with Gasteiger partial charge in [-0.15, -0.1) is 0 Å². The Morgan fingerprint density at radius 3 is 3.05 bits per heavy atom. The van der Waals surface area contributed by atoms with E-state index in [9.17, 15) is 8.42 Å². The van der Waals surface area contributed by atoms with Crippen LogP contribution in [-0.4, -0.2) is 34.3 Å². The molecule has 1 aliphatic rings. The molecule has 0 amide bonds. The lowest BCUT2D eigenvalue weighted by Gasteiger charge is -2.23. The number of sulfonamides is 1. The van der Waals surface area contributed by atoms with Gasteiger partial charge in [-0.1, -0.05) is 0 Å². The van der Waals surface area contributed by atoms with E-state index >= 15 is 0 Å². The first-order valence-corrected chi connectivity index (χ1v) is 8.02. The van der Waals surface area contributed by atoms with Crippen LogP contribution in [0.25, 0.3) is 0 Å². The first-order chi connectivity index (χ1) is 9.56. The molecule has 3 heterocycles. The Balaban J connectivity index is 1.65. The molecule has 0 bridgehead atoms. The predicted molar refractivity (Wildman–Crippen MR) is 72.4 cm³/mol. The van der Waals surface area contributed by atoms with Crippen molar-refractivity contribution in [1.82, 2.24) is 24.1 Å². The summed E-state index contributed by atoms with van der Waals surface area (Å²) in [6, 6.07) is 1.50. The molecule has 0 spiro atoms. The molecule has 0 saturated carbocycles. The normalized spacial score (nSPS) is 18.9. The van der Waals surface area contributed by atoms with Crippen molar-refractivity contribution in [3.8, 4) is 0 Å². The summed E-state index contributed by atoms with van der Waals surface area (Å²) in [4.78, 5) is 4.29. The van der Waals surface area contributed by atoms with Gasteiger partial charge in [0.25, 0.3) is 10.0 Å². The lowest BCUT2D eigenvalue weighted by molar-refractivity contribution is 0.379. The molecule has 0 saturated heterocycles. The summed E-state index contributed by atoms with van der Waals surface area (Å²) in [6.07, 6.45) is 6.99. The average Bonchev–Trinajstić information content (AvgIpc) is 3.04. The summed E-state index contributed by atoms with van der Waals surface area (Å²) in [5, 5.41) is 4.07. The van der Waals surface area contributed by atoms with Crippen LogP contribution in [0.1, 0.15) is 12.2 Å². The van der Waals surface area contributed by atoms with E-state index in [1.807, 2.05) is 6.20 Å². The van der Waals surface area contributed by atoms with E-state index in [-0.39, 0.29) is 10.9 Å². The van der Waals surface area contributed by atoms with Gasteiger partial charge in [-0.25, -0.2) is 18.1 Å². The Kier molecular flexibility index (Phi) is 3.35. The minimum absolute atomic E-state index is 0.190. The number of nitrogens with one attached hydrogen (secondary N) is 1. The molecule has 0 radical (unpaired) electrons. The second-order valence-corrected chi connectivity index (χ2v) is 6.75. The Hall–Kier alpha value is -1.67. The van der Waals surface area contributed by atoms with E-state index < -0.39 is 10.0 Å². The molecule has 0 aromatic carbocycles. The molecule has 3 rings (SSSR count). The average molecular weight is 295 g/mol. The van der Waals surface area contributed by atoms with E-state index in [4.69, 9.17) is 0 Å². The fourth-order valence-electron chi connectivity index (χ4n) is 2.52. The van der Waals surface area contributed by atoms with Crippen LogP contribution in [-0.2, 0) is 30.0 Å². The summed E-state index contributed by atoms with van der Waals surface area (Å²) < 4.78 is 30.5. The van der Waals surface area contributed by atoms with Gasteiger partial charge in [-0.2, -0.15) is 5.10 Å². The first kappa shape index (κ1) is 13.3. The van der Waals surface area contributed by atoms with Crippen LogP contribution in [0.2, 0.25) is 0 Å². The van der Waals surface area contributed by atoms with Gasteiger partial charge >= 0.3 is 0 Å². The number of fused-ring (bicyclic) bond motifs is 1. The van der Waals surface area contributed by atoms with Gasteiger partial charge in [0.05, 0.1) is 6.20 Å². The lowest BCUT2D eigenvalue weighted by Crippen LogP contribution is -2.34. The fourth-order valence-corrected chi connectivity index (χ4v) is 3.75. The monoisotopic (exact) mass is 295 g/mol. The van der Waals surface area contributed by atoms with Gasteiger partial charge in [0.15, 0.2) is 5.03 Å². The SMILES string of the molecule is Cn1nccc1S(=O)(=O)NCC1CCn2ccnc2C1. The smallest absolute Gasteiger partial charge is 0.257 e. The summed E-state index contributed by atoms with van der Waals surface area (Å²) in [7, 11) is -1.87. The van der Waals surface area contributed by atoms with E-state index in [2.05, 4.69) is 19.4 Å². The third-order valence-corrected chi connectivity index (χ3v) is 5.16. The van der Waals surface area contributed by atoms with Crippen molar-refractivity contribution in [3.63, 3.8) is 0 Å². The molecule has 1 aliphatic heterocycles. The molecule has 2 aromatic rings. The van der Waals surface area contributed by atoms with E-state index in [0.717, 1.165) is 25.2 Å². The van der Waals surface area contributed by atoms with Gasteiger partial charge < -0.3 is 4.57 Å². The highest BCUT2D eigenvalue weighted by atomic mass is 32.2. The molecule has 7 nitrogen and oxygen atoms in total. The van der Waals surface area contributed by atoms with Crippen LogP contribution in [0.5, 0.6) is 0 Å². The quantitative estimate of drug-likeness (QED) is 0.871. The molecule has 0 fully saturated rings. The van der Waals surface area contributed by atoms with Crippen LogP contribution < -0.4 is 4.72 Å². The zero-order valence-corrected chi connectivity index (χ0v) is 12.0. The van der Waals surface area contributed by atoms with Crippen LogP contribution in [0.15, 0.2) is 29.7 Å². The topological polar surface area (TPSA) is 81.8 Å². The van der Waals surface area contributed by atoms with Crippen molar-refractivity contribution in [2.45, 2.75) is 24.4 Å². The first-order valence-electron chi connectivity index (χ1n) is 6.54. The van der Waals surface area contributed by atoms with Gasteiger partial charge in [0.2, 0.25) is 0 Å². The van der Waals surface area contributed by atoms with Gasteiger partial charge in [-0.3, -0.25) is 4.68 Å². The van der Waals surface area contributed by atoms with E-state index in [0.29, 0.717) is 6.54 Å². The third kappa shape index (κ3) is 2.48. The highest BCUT2D eigenvalue weighted by molar-refractivity contribution is 7.89. The maximum Gasteiger partial charge on any atom is 0.257 e. The maximum absolute atomic E-state index is 12.2. The van der Waals surface area contributed by atoms with E-state index in [1.165, 1.54) is 16.9 Å². The summed E-state index contributed by atoms with van der Waals surface area (Å²) >= 11 is 0. The predicted octanol–water partition coefficient (Wildman–Crippen LogP) is 0.157. The largest absolute Gasteiger partial charge is 0.335 e. The molecule has 8 heteroatoms. The molecule has 1 N–H and O–H groups in total. The summed E-state index contributed by atoms with van der Waals surface area (Å²) in [6.45, 7) is 1.33. The Bertz CT molecular complexity index is 703. The second-order valence-electron chi connectivity index (χ2n) is 5.04. The van der Waals surface area contributed by atoms with Crippen molar-refractivity contribution in [3.05, 3.63) is 30.5 Å². The van der Waals surface area contributed by atoms with Crippen LogP contribution >= 0.6 is 0 Å². The van der Waals surface area contributed by atoms with Crippen molar-refractivity contribution in [1.29, 1.82) is 0 Å². The van der Waals surface area contributed by atoms with Crippen molar-refractivity contribution in [2.75, 3.05) is 6.54 Å². The standard InChI is InChI=1S/C12H17N5O2S/c1-16-12(2-4-14-16)20(18,19)15-9-10-3-6-17-7-5-13-11(17)8-10/h2,4-5,7,10,15H,3,6,8-9H2,1H3. The van der Waals surface area contributed by atoms with Gasteiger partial charge in [0, 0.05) is 39.0 Å². The van der Waals surface area contributed by atoms with Gasteiger partial charge in [0.1, 0.15) is 5.82 Å². The van der Waals surface area contributed by atoms with E-state index in [1.54, 1.807) is 13.2 Å². The highest BCUT2D eigenvalue weighted by Crippen LogP contribution is 2.19. The number of hydrogen-bond acceptors (Lipinski definition) is 4. The highest BCUT2D eigenvalue weighted by Gasteiger charge is 2.23. The Morgan fingerprint density at radius 2 is 2.30 bits per heavy atom. The fraction of sp³-hybridized carbons (Fsp3) is 0.500. The minimum atomic E-state index is -3.49. The second kappa shape index (κ2) is 5.02. The molecule has 0 aliphatic carbocycles. The number of imidazole rings is 1. The number of rotatable bonds is 4. The van der Waals surface area contributed by atoms with Crippen LogP contribution in [0.4, 0.5) is 0 Å². The minimum Gasteiger partial charge on any atom is -0.335 e. The Labute approximate surface area is 117 Å². The number of aromatic nitrogens is 4. The lowest BCUT2D eigenvalue weighted by atomic mass is 9.98. The molecule has 1 unspecified atom stereocenters. The number of nitrogens with zero attached hydrogens (tertiary/aromatic N) is 4. The van der Waals surface area contributed by atoms with Crippen LogP contribution in [0.3, 0.4) is 0 Å². The zero-order valence-electron chi connectivity index (χ0n) is 11.2. The van der Waals surface area contributed by atoms with Crippen molar-refractivity contribution >= 4 is 10.0 Å². The van der Waals surface area contributed by atoms with Crippen molar-refractivity contribution in [2.24, 2.45) is 13.0 Å².